The standard InChI is InChI=1S/C32H47N3O5/c1-23-20-35(24(2)22-36)32(38)28-19-27(33(4)5)15-16-29(28)40-25(3)12-10-11-17-39-30(23)21-34(6)31(37)18-26-13-8-7-9-14-26/h7-9,13-16,19,23-25,30,36H,10-12,17-18,20-22H2,1-6H3/t23-,24+,25+,30-/m0/s1. The smallest absolute Gasteiger partial charge is 0.258 e. The van der Waals surface area contributed by atoms with Gasteiger partial charge in [-0.05, 0) is 56.9 Å². The van der Waals surface area contributed by atoms with E-state index in [1.165, 1.54) is 0 Å². The fraction of sp³-hybridized carbons (Fsp3) is 0.562. The molecular weight excluding hydrogens is 506 g/mol. The lowest BCUT2D eigenvalue weighted by molar-refractivity contribution is -0.131. The minimum Gasteiger partial charge on any atom is -0.490 e. The quantitative estimate of drug-likeness (QED) is 0.552. The molecule has 1 heterocycles. The summed E-state index contributed by atoms with van der Waals surface area (Å²) >= 11 is 0. The molecule has 8 nitrogen and oxygen atoms in total. The van der Waals surface area contributed by atoms with E-state index in [-0.39, 0.29) is 36.5 Å². The van der Waals surface area contributed by atoms with E-state index in [0.717, 1.165) is 30.5 Å². The number of hydrogen-bond acceptors (Lipinski definition) is 6. The van der Waals surface area contributed by atoms with Gasteiger partial charge in [-0.2, -0.15) is 0 Å². The summed E-state index contributed by atoms with van der Waals surface area (Å²) in [5.41, 5.74) is 2.35. The molecule has 2 aromatic rings. The number of ether oxygens (including phenoxy) is 2. The maximum atomic E-state index is 14.1. The van der Waals surface area contributed by atoms with Crippen LogP contribution >= 0.6 is 0 Å². The van der Waals surface area contributed by atoms with Crippen LogP contribution in [0.4, 0.5) is 5.69 Å². The molecule has 220 valence electrons. The average molecular weight is 554 g/mol. The van der Waals surface area contributed by atoms with Crippen LogP contribution < -0.4 is 9.64 Å². The second kappa shape index (κ2) is 15.1. The molecular formula is C32H47N3O5. The molecule has 0 spiro atoms. The van der Waals surface area contributed by atoms with Gasteiger partial charge in [-0.1, -0.05) is 37.3 Å². The van der Waals surface area contributed by atoms with Crippen LogP contribution in [0.15, 0.2) is 48.5 Å². The third kappa shape index (κ3) is 8.70. The monoisotopic (exact) mass is 553 g/mol. The number of fused-ring (bicyclic) bond motifs is 1. The third-order valence-electron chi connectivity index (χ3n) is 7.63. The van der Waals surface area contributed by atoms with Crippen LogP contribution in [0.3, 0.4) is 0 Å². The normalized spacial score (nSPS) is 21.5. The molecule has 0 radical (unpaired) electrons. The highest BCUT2D eigenvalue weighted by Gasteiger charge is 2.31. The zero-order chi connectivity index (χ0) is 29.2. The molecule has 0 saturated heterocycles. The van der Waals surface area contributed by atoms with Crippen LogP contribution in [0.25, 0.3) is 0 Å². The van der Waals surface area contributed by atoms with Crippen molar-refractivity contribution in [3.8, 4) is 5.75 Å². The second-order valence-corrected chi connectivity index (χ2v) is 11.3. The maximum absolute atomic E-state index is 14.1. The number of carbonyl (C=O) groups is 2. The number of likely N-dealkylation sites (N-methyl/N-ethyl adjacent to an activating group) is 1. The van der Waals surface area contributed by atoms with Gasteiger partial charge < -0.3 is 29.3 Å². The van der Waals surface area contributed by atoms with Crippen LogP contribution in [0.1, 0.15) is 56.0 Å². The molecule has 0 bridgehead atoms. The van der Waals surface area contributed by atoms with Crippen LogP contribution in [-0.4, -0.2) is 92.4 Å². The van der Waals surface area contributed by atoms with Gasteiger partial charge in [-0.25, -0.2) is 0 Å². The Morgan fingerprint density at radius 3 is 2.50 bits per heavy atom. The molecule has 2 amide bonds. The number of amides is 2. The highest BCUT2D eigenvalue weighted by atomic mass is 16.5. The lowest BCUT2D eigenvalue weighted by Gasteiger charge is -2.36. The summed E-state index contributed by atoms with van der Waals surface area (Å²) < 4.78 is 12.7. The number of anilines is 1. The molecule has 0 aliphatic carbocycles. The first-order chi connectivity index (χ1) is 19.1. The highest BCUT2D eigenvalue weighted by Crippen LogP contribution is 2.29. The Hall–Kier alpha value is -3.10. The fourth-order valence-corrected chi connectivity index (χ4v) is 4.93. The van der Waals surface area contributed by atoms with Gasteiger partial charge in [0, 0.05) is 52.4 Å². The van der Waals surface area contributed by atoms with Crippen molar-refractivity contribution in [2.75, 3.05) is 52.3 Å². The van der Waals surface area contributed by atoms with Gasteiger partial charge >= 0.3 is 0 Å². The van der Waals surface area contributed by atoms with Crippen LogP contribution in [-0.2, 0) is 16.0 Å². The Labute approximate surface area is 239 Å². The van der Waals surface area contributed by atoms with Crippen molar-refractivity contribution < 1.29 is 24.2 Å². The van der Waals surface area contributed by atoms with Crippen molar-refractivity contribution in [2.24, 2.45) is 5.92 Å². The molecule has 1 N–H and O–H groups in total. The summed E-state index contributed by atoms with van der Waals surface area (Å²) in [6.07, 6.45) is 2.63. The van der Waals surface area contributed by atoms with Gasteiger partial charge in [0.05, 0.1) is 36.8 Å². The van der Waals surface area contributed by atoms with Crippen molar-refractivity contribution in [2.45, 2.75) is 64.7 Å². The minimum absolute atomic E-state index is 0.0224. The Morgan fingerprint density at radius 1 is 1.10 bits per heavy atom. The molecule has 2 aromatic carbocycles. The first-order valence-electron chi connectivity index (χ1n) is 14.4. The van der Waals surface area contributed by atoms with E-state index in [1.807, 2.05) is 95.3 Å². The van der Waals surface area contributed by atoms with Crippen molar-refractivity contribution in [3.63, 3.8) is 0 Å². The van der Waals surface area contributed by atoms with Gasteiger partial charge in [0.2, 0.25) is 5.91 Å². The molecule has 0 fully saturated rings. The number of nitrogens with zero attached hydrogens (tertiary/aromatic N) is 3. The molecule has 0 aromatic heterocycles. The number of aliphatic hydroxyl groups is 1. The molecule has 40 heavy (non-hydrogen) atoms. The molecule has 8 heteroatoms. The van der Waals surface area contributed by atoms with Gasteiger partial charge in [-0.3, -0.25) is 9.59 Å². The summed E-state index contributed by atoms with van der Waals surface area (Å²) in [5, 5.41) is 10.1. The van der Waals surface area contributed by atoms with Crippen molar-refractivity contribution in [1.29, 1.82) is 0 Å². The predicted molar refractivity (Wildman–Crippen MR) is 159 cm³/mol. The largest absolute Gasteiger partial charge is 0.490 e. The van der Waals surface area contributed by atoms with E-state index in [2.05, 4.69) is 0 Å². The zero-order valence-electron chi connectivity index (χ0n) is 25.0. The number of hydrogen-bond donors (Lipinski definition) is 1. The van der Waals surface area contributed by atoms with E-state index in [0.29, 0.717) is 37.4 Å². The second-order valence-electron chi connectivity index (χ2n) is 11.3. The summed E-state index contributed by atoms with van der Waals surface area (Å²) in [6.45, 7) is 7.10. The van der Waals surface area contributed by atoms with E-state index in [4.69, 9.17) is 9.47 Å². The summed E-state index contributed by atoms with van der Waals surface area (Å²) in [6, 6.07) is 15.0. The minimum atomic E-state index is -0.408. The Balaban J connectivity index is 1.88. The van der Waals surface area contributed by atoms with Gasteiger partial charge in [0.15, 0.2) is 0 Å². The molecule has 1 aliphatic rings. The van der Waals surface area contributed by atoms with E-state index < -0.39 is 6.04 Å². The van der Waals surface area contributed by atoms with E-state index in [9.17, 15) is 14.7 Å². The molecule has 0 saturated carbocycles. The predicted octanol–water partition coefficient (Wildman–Crippen LogP) is 4.25. The Bertz CT molecular complexity index is 1090. The zero-order valence-corrected chi connectivity index (χ0v) is 25.0. The molecule has 0 unspecified atom stereocenters. The summed E-state index contributed by atoms with van der Waals surface area (Å²) in [5.74, 6) is 0.299. The first-order valence-corrected chi connectivity index (χ1v) is 14.4. The number of aliphatic hydroxyl groups excluding tert-OH is 1. The SMILES string of the molecule is C[C@@H]1CCCCO[C@@H](CN(C)C(=O)Cc2ccccc2)[C@@H](C)CN([C@H](C)CO)C(=O)c2cc(N(C)C)ccc2O1. The lowest BCUT2D eigenvalue weighted by atomic mass is 10.0. The Kier molecular flexibility index (Phi) is 11.8. The topological polar surface area (TPSA) is 82.6 Å². The van der Waals surface area contributed by atoms with Gasteiger partial charge in [-0.15, -0.1) is 0 Å². The number of rotatable bonds is 7. The Morgan fingerprint density at radius 2 is 1.82 bits per heavy atom. The first kappa shape index (κ1) is 31.4. The lowest BCUT2D eigenvalue weighted by Crippen LogP contribution is -2.48. The maximum Gasteiger partial charge on any atom is 0.258 e. The molecule has 1 aliphatic heterocycles. The van der Waals surface area contributed by atoms with Crippen molar-refractivity contribution in [1.82, 2.24) is 9.80 Å². The van der Waals surface area contributed by atoms with Crippen LogP contribution in [0, 0.1) is 5.92 Å². The fourth-order valence-electron chi connectivity index (χ4n) is 4.93. The van der Waals surface area contributed by atoms with E-state index >= 15 is 0 Å². The highest BCUT2D eigenvalue weighted by molar-refractivity contribution is 5.98. The average Bonchev–Trinajstić information content (AvgIpc) is 2.94. The molecule has 3 rings (SSSR count). The summed E-state index contributed by atoms with van der Waals surface area (Å²) in [4.78, 5) is 32.5. The van der Waals surface area contributed by atoms with Crippen LogP contribution in [0.5, 0.6) is 5.75 Å². The van der Waals surface area contributed by atoms with Gasteiger partial charge in [0.1, 0.15) is 5.75 Å². The van der Waals surface area contributed by atoms with Crippen molar-refractivity contribution >= 4 is 17.5 Å². The van der Waals surface area contributed by atoms with Crippen LogP contribution in [0.2, 0.25) is 0 Å². The third-order valence-corrected chi connectivity index (χ3v) is 7.63. The number of carbonyl (C=O) groups excluding carboxylic acids is 2. The van der Waals surface area contributed by atoms with Crippen molar-refractivity contribution in [3.05, 3.63) is 59.7 Å². The van der Waals surface area contributed by atoms with E-state index in [1.54, 1.807) is 9.80 Å². The van der Waals surface area contributed by atoms with Gasteiger partial charge in [0.25, 0.3) is 5.91 Å². The molecule has 4 atom stereocenters. The number of benzene rings is 2. The summed E-state index contributed by atoms with van der Waals surface area (Å²) in [7, 11) is 5.68.